The second-order valence-electron chi connectivity index (χ2n) is 18.0. The molecule has 0 spiro atoms. The zero-order valence-corrected chi connectivity index (χ0v) is 37.9. The predicted molar refractivity (Wildman–Crippen MR) is 239 cm³/mol. The molecule has 2 aromatic rings. The molecule has 0 aliphatic rings. The summed E-state index contributed by atoms with van der Waals surface area (Å²) < 4.78 is 10.8. The van der Waals surface area contributed by atoms with Gasteiger partial charge in [-0.2, -0.15) is 0 Å². The van der Waals surface area contributed by atoms with Crippen LogP contribution in [0.2, 0.25) is 0 Å². The molecule has 2 aromatic carbocycles. The van der Waals surface area contributed by atoms with Gasteiger partial charge in [0.2, 0.25) is 11.8 Å². The summed E-state index contributed by atoms with van der Waals surface area (Å²) in [6, 6.07) is 16.8. The van der Waals surface area contributed by atoms with Crippen molar-refractivity contribution in [1.82, 2.24) is 21.3 Å². The molecule has 0 saturated carbocycles. The molecule has 0 radical (unpaired) electrons. The summed E-state index contributed by atoms with van der Waals surface area (Å²) in [4.78, 5) is 75.9. The molecule has 61 heavy (non-hydrogen) atoms. The molecule has 0 fully saturated rings. The maximum Gasteiger partial charge on any atom is 0.329 e. The maximum absolute atomic E-state index is 13.0. The molecule has 0 aromatic heterocycles. The van der Waals surface area contributed by atoms with E-state index in [2.05, 4.69) is 33.4 Å². The predicted octanol–water partition coefficient (Wildman–Crippen LogP) is 7.17. The largest absolute Gasteiger partial charge is 0.460 e. The summed E-state index contributed by atoms with van der Waals surface area (Å²) >= 11 is 0. The molecule has 0 aliphatic carbocycles. The number of esters is 2. The third kappa shape index (κ3) is 25.6. The van der Waals surface area contributed by atoms with Gasteiger partial charge in [0.05, 0.1) is 12.1 Å². The van der Waals surface area contributed by atoms with E-state index in [0.717, 1.165) is 63.4 Å². The van der Waals surface area contributed by atoms with Crippen LogP contribution in [0.15, 0.2) is 60.7 Å². The van der Waals surface area contributed by atoms with Gasteiger partial charge in [0.1, 0.15) is 17.2 Å². The van der Waals surface area contributed by atoms with Gasteiger partial charge in [0, 0.05) is 25.4 Å². The van der Waals surface area contributed by atoms with Crippen molar-refractivity contribution >= 4 is 35.6 Å². The number of hydrogen-bond acceptors (Lipinski definition) is 9. The van der Waals surface area contributed by atoms with Crippen LogP contribution < -0.4 is 27.0 Å². The van der Waals surface area contributed by atoms with Crippen molar-refractivity contribution in [3.8, 4) is 0 Å². The summed E-state index contributed by atoms with van der Waals surface area (Å²) in [5, 5.41) is 11.4. The van der Waals surface area contributed by atoms with Crippen molar-refractivity contribution in [2.75, 3.05) is 6.54 Å². The molecule has 0 heterocycles. The highest BCUT2D eigenvalue weighted by Crippen LogP contribution is 2.16. The number of hydrogen-bond donors (Lipinski definition) is 5. The van der Waals surface area contributed by atoms with Crippen molar-refractivity contribution in [3.05, 3.63) is 71.8 Å². The molecule has 13 heteroatoms. The lowest BCUT2D eigenvalue weighted by Crippen LogP contribution is -2.52. The molecule has 0 aliphatic heterocycles. The van der Waals surface area contributed by atoms with Crippen LogP contribution in [0.3, 0.4) is 0 Å². The van der Waals surface area contributed by atoms with Gasteiger partial charge < -0.3 is 36.5 Å². The molecule has 0 saturated heterocycles. The minimum atomic E-state index is -1.12. The van der Waals surface area contributed by atoms with Gasteiger partial charge in [-0.1, -0.05) is 99.2 Å². The van der Waals surface area contributed by atoms with E-state index >= 15 is 0 Å². The number of Topliss-reactive ketones (excluding diaryl/α,β-unsaturated/α-hetero) is 1. The number of unbranched alkanes of at least 4 members (excludes halogenated alkanes) is 7. The second kappa shape index (κ2) is 27.9. The van der Waals surface area contributed by atoms with Crippen molar-refractivity contribution < 1.29 is 38.2 Å². The van der Waals surface area contributed by atoms with Gasteiger partial charge in [-0.3, -0.25) is 19.2 Å². The lowest BCUT2D eigenvalue weighted by molar-refractivity contribution is -0.158. The zero-order chi connectivity index (χ0) is 45.3. The Bertz CT molecular complexity index is 1620. The van der Waals surface area contributed by atoms with Gasteiger partial charge in [0.25, 0.3) is 0 Å². The van der Waals surface area contributed by atoms with E-state index < -0.39 is 47.3 Å². The van der Waals surface area contributed by atoms with Crippen molar-refractivity contribution in [2.45, 2.75) is 187 Å². The Hall–Kier alpha value is -4.78. The molecule has 2 rings (SSSR count). The number of urea groups is 1. The first-order valence-corrected chi connectivity index (χ1v) is 22.2. The normalized spacial score (nSPS) is 13.5. The summed E-state index contributed by atoms with van der Waals surface area (Å²) in [5.74, 6) is -1.56. The Morgan fingerprint density at radius 3 is 1.69 bits per heavy atom. The molecule has 6 N–H and O–H groups in total. The summed E-state index contributed by atoms with van der Waals surface area (Å²) in [5.41, 5.74) is 7.01. The maximum atomic E-state index is 13.0. The van der Waals surface area contributed by atoms with Crippen molar-refractivity contribution in [2.24, 2.45) is 5.73 Å². The number of carbonyl (C=O) groups is 6. The van der Waals surface area contributed by atoms with Crippen LogP contribution in [0.4, 0.5) is 4.79 Å². The van der Waals surface area contributed by atoms with Gasteiger partial charge in [-0.05, 0) is 111 Å². The fourth-order valence-electron chi connectivity index (χ4n) is 6.75. The quantitative estimate of drug-likeness (QED) is 0.0436. The van der Waals surface area contributed by atoms with E-state index in [9.17, 15) is 28.8 Å². The lowest BCUT2D eigenvalue weighted by atomic mass is 9.98. The topological polar surface area (TPSA) is 195 Å². The van der Waals surface area contributed by atoms with Crippen LogP contribution in [-0.4, -0.2) is 77.5 Å². The highest BCUT2D eigenvalue weighted by atomic mass is 16.6. The standard InChI is InChI=1S/C48H75N5O8/c1-35(54)40(52-46(59)53-41(45(58)61-48(5,6)7)30-31-43(56)60-47(2,3)4)28-21-22-32-50-42(55)29-20-12-10-8-9-11-19-27-38(33-36-23-15-13-16-24-36)51-44(57)39(49)34-37-25-17-14-18-26-37/h13-18,23-26,38-41H,8-12,19-22,27-34,49H2,1-7H3,(H,50,55)(H,51,57)(H2,52,53,59)/t38-,39?,40?,41-/m0/s1. The van der Waals surface area contributed by atoms with Crippen LogP contribution in [0.25, 0.3) is 0 Å². The first kappa shape index (κ1) is 52.4. The molecule has 0 bridgehead atoms. The van der Waals surface area contributed by atoms with Gasteiger partial charge in [-0.15, -0.1) is 0 Å². The lowest BCUT2D eigenvalue weighted by Gasteiger charge is -2.26. The Morgan fingerprint density at radius 1 is 0.590 bits per heavy atom. The summed E-state index contributed by atoms with van der Waals surface area (Å²) in [6.07, 6.45) is 11.2. The number of ketones is 1. The minimum absolute atomic E-state index is 0.00446. The minimum Gasteiger partial charge on any atom is -0.460 e. The molecular formula is C48H75N5O8. The van der Waals surface area contributed by atoms with E-state index in [4.69, 9.17) is 15.2 Å². The smallest absolute Gasteiger partial charge is 0.329 e. The third-order valence-electron chi connectivity index (χ3n) is 9.85. The number of nitrogens with two attached hydrogens (primary N) is 1. The number of carbonyl (C=O) groups excluding carboxylic acids is 6. The Balaban J connectivity index is 1.64. The Labute approximate surface area is 364 Å². The number of rotatable bonds is 28. The highest BCUT2D eigenvalue weighted by Gasteiger charge is 2.29. The first-order chi connectivity index (χ1) is 28.8. The van der Waals surface area contributed by atoms with E-state index in [1.165, 1.54) is 12.5 Å². The second-order valence-corrected chi connectivity index (χ2v) is 18.0. The van der Waals surface area contributed by atoms with E-state index in [-0.39, 0.29) is 36.5 Å². The molecular weight excluding hydrogens is 775 g/mol. The Kier molecular flexibility index (Phi) is 24.0. The monoisotopic (exact) mass is 850 g/mol. The van der Waals surface area contributed by atoms with Gasteiger partial charge in [0.15, 0.2) is 5.78 Å². The zero-order valence-electron chi connectivity index (χ0n) is 37.9. The SMILES string of the molecule is CC(=O)C(CCCCNC(=O)CCCCCCCCC[C@@H](Cc1ccccc1)NC(=O)C(N)Cc1ccccc1)NC(=O)N[C@@H](CCC(=O)OC(C)(C)C)C(=O)OC(C)(C)C. The molecule has 4 amide bonds. The van der Waals surface area contributed by atoms with Crippen LogP contribution in [-0.2, 0) is 46.3 Å². The molecule has 2 unspecified atom stereocenters. The fraction of sp³-hybridized carbons (Fsp3) is 0.625. The molecule has 13 nitrogen and oxygen atoms in total. The Morgan fingerprint density at radius 2 is 1.11 bits per heavy atom. The van der Waals surface area contributed by atoms with Crippen molar-refractivity contribution in [1.29, 1.82) is 0 Å². The molecule has 4 atom stereocenters. The number of amides is 4. The van der Waals surface area contributed by atoms with Crippen LogP contribution in [0.1, 0.15) is 149 Å². The third-order valence-corrected chi connectivity index (χ3v) is 9.85. The van der Waals surface area contributed by atoms with E-state index in [0.29, 0.717) is 38.6 Å². The van der Waals surface area contributed by atoms with E-state index in [1.807, 2.05) is 48.5 Å². The number of nitrogens with one attached hydrogen (secondary N) is 4. The number of ether oxygens (including phenoxy) is 2. The van der Waals surface area contributed by atoms with Gasteiger partial charge >= 0.3 is 18.0 Å². The average Bonchev–Trinajstić information content (AvgIpc) is 3.17. The fourth-order valence-corrected chi connectivity index (χ4v) is 6.75. The molecule has 340 valence electrons. The average molecular weight is 850 g/mol. The van der Waals surface area contributed by atoms with E-state index in [1.54, 1.807) is 41.5 Å². The first-order valence-electron chi connectivity index (χ1n) is 22.2. The summed E-state index contributed by atoms with van der Waals surface area (Å²) in [6.45, 7) is 12.2. The van der Waals surface area contributed by atoms with Crippen molar-refractivity contribution in [3.63, 3.8) is 0 Å². The van der Waals surface area contributed by atoms with Crippen LogP contribution in [0.5, 0.6) is 0 Å². The highest BCUT2D eigenvalue weighted by molar-refractivity contribution is 5.89. The van der Waals surface area contributed by atoms with Gasteiger partial charge in [-0.25, -0.2) is 9.59 Å². The van der Waals surface area contributed by atoms with Crippen LogP contribution in [0, 0.1) is 0 Å². The van der Waals surface area contributed by atoms with Crippen LogP contribution >= 0.6 is 0 Å². The summed E-state index contributed by atoms with van der Waals surface area (Å²) in [7, 11) is 0. The number of benzene rings is 2.